The van der Waals surface area contributed by atoms with Gasteiger partial charge in [0.2, 0.25) is 0 Å². The highest BCUT2D eigenvalue weighted by Gasteiger charge is 2.51. The van der Waals surface area contributed by atoms with Crippen molar-refractivity contribution in [2.45, 2.75) is 43.9 Å². The average Bonchev–Trinajstić information content (AvgIpc) is 2.94. The van der Waals surface area contributed by atoms with Crippen molar-refractivity contribution >= 4 is 27.4 Å². The molecular weight excluding hydrogens is 447 g/mol. The molecule has 5 rings (SSSR count). The van der Waals surface area contributed by atoms with Crippen LogP contribution in [0, 0.1) is 0 Å². The highest BCUT2D eigenvalue weighted by atomic mass is 79.9. The van der Waals surface area contributed by atoms with E-state index in [0.717, 1.165) is 43.1 Å². The van der Waals surface area contributed by atoms with Crippen LogP contribution in [-0.4, -0.2) is 29.1 Å². The number of alkyl halides is 3. The summed E-state index contributed by atoms with van der Waals surface area (Å²) in [6.45, 7) is 0. The summed E-state index contributed by atoms with van der Waals surface area (Å²) >= 11 is 3.55. The van der Waals surface area contributed by atoms with Gasteiger partial charge in [-0.15, -0.1) is 0 Å². The first-order chi connectivity index (χ1) is 13.8. The molecule has 0 saturated carbocycles. The van der Waals surface area contributed by atoms with Crippen molar-refractivity contribution in [1.82, 2.24) is 4.90 Å². The van der Waals surface area contributed by atoms with Gasteiger partial charge < -0.3 is 9.64 Å². The van der Waals surface area contributed by atoms with E-state index in [-0.39, 0.29) is 0 Å². The lowest BCUT2D eigenvalue weighted by Gasteiger charge is -2.38. The molecule has 150 valence electrons. The summed E-state index contributed by atoms with van der Waals surface area (Å²) in [6.07, 6.45) is -2.71. The molecule has 0 radical (unpaired) electrons. The first-order valence-electron chi connectivity index (χ1n) is 9.52. The van der Waals surface area contributed by atoms with E-state index in [2.05, 4.69) is 15.9 Å². The van der Waals surface area contributed by atoms with Gasteiger partial charge in [0.25, 0.3) is 0 Å². The zero-order chi connectivity index (χ0) is 20.3. The first kappa shape index (κ1) is 18.7. The highest BCUT2D eigenvalue weighted by Crippen LogP contribution is 2.51. The van der Waals surface area contributed by atoms with Crippen LogP contribution in [0.5, 0.6) is 11.5 Å². The topological polar surface area (TPSA) is 29.5 Å². The summed E-state index contributed by atoms with van der Waals surface area (Å²) in [4.78, 5) is 13.0. The van der Waals surface area contributed by atoms with Gasteiger partial charge in [0.15, 0.2) is 0 Å². The van der Waals surface area contributed by atoms with Gasteiger partial charge in [-0.05, 0) is 59.3 Å². The SMILES string of the molecule is O=C(N1[C@@H]2CC[C@H]1C/C(=C1\c3ccccc3Oc3c(Br)cccc31)C2)C(F)(F)F. The molecular formula is C22H17BrF3NO2. The fourth-order valence-electron chi connectivity index (χ4n) is 4.90. The minimum absolute atomic E-state index is 0.406. The molecule has 0 spiro atoms. The van der Waals surface area contributed by atoms with E-state index in [1.54, 1.807) is 0 Å². The molecule has 0 aliphatic carbocycles. The number of ether oxygens (including phenoxy) is 1. The zero-order valence-corrected chi connectivity index (χ0v) is 16.9. The Morgan fingerprint density at radius 3 is 2.34 bits per heavy atom. The molecule has 7 heteroatoms. The molecule has 2 atom stereocenters. The minimum Gasteiger partial charge on any atom is -0.455 e. The lowest BCUT2D eigenvalue weighted by molar-refractivity contribution is -0.189. The number of para-hydroxylation sites is 2. The molecule has 3 nitrogen and oxygen atoms in total. The Kier molecular flexibility index (Phi) is 4.28. The molecule has 2 aromatic rings. The number of rotatable bonds is 0. The van der Waals surface area contributed by atoms with Crippen molar-refractivity contribution in [3.63, 3.8) is 0 Å². The van der Waals surface area contributed by atoms with Crippen LogP contribution in [-0.2, 0) is 4.79 Å². The Bertz CT molecular complexity index is 1030. The van der Waals surface area contributed by atoms with E-state index in [0.29, 0.717) is 25.7 Å². The largest absolute Gasteiger partial charge is 0.471 e. The number of hydrogen-bond donors (Lipinski definition) is 0. The normalized spacial score (nSPS) is 25.3. The Morgan fingerprint density at radius 2 is 1.66 bits per heavy atom. The van der Waals surface area contributed by atoms with Gasteiger partial charge in [0, 0.05) is 23.2 Å². The fourth-order valence-corrected chi connectivity index (χ4v) is 5.35. The van der Waals surface area contributed by atoms with Gasteiger partial charge >= 0.3 is 12.1 Å². The maximum Gasteiger partial charge on any atom is 0.471 e. The van der Waals surface area contributed by atoms with E-state index in [9.17, 15) is 18.0 Å². The number of nitrogens with zero attached hydrogens (tertiary/aromatic N) is 1. The zero-order valence-electron chi connectivity index (χ0n) is 15.3. The number of carbonyl (C=O) groups excluding carboxylic acids is 1. The molecule has 1 amide bonds. The second-order valence-electron chi connectivity index (χ2n) is 7.70. The highest BCUT2D eigenvalue weighted by molar-refractivity contribution is 9.10. The fraction of sp³-hybridized carbons (Fsp3) is 0.318. The Hall–Kier alpha value is -2.28. The quantitative estimate of drug-likeness (QED) is 0.404. The third kappa shape index (κ3) is 2.98. The van der Waals surface area contributed by atoms with Gasteiger partial charge in [0.05, 0.1) is 4.47 Å². The second kappa shape index (κ2) is 6.62. The molecule has 3 aliphatic rings. The van der Waals surface area contributed by atoms with Crippen LogP contribution >= 0.6 is 15.9 Å². The first-order valence-corrected chi connectivity index (χ1v) is 10.3. The average molecular weight is 464 g/mol. The van der Waals surface area contributed by atoms with Gasteiger partial charge in [-0.1, -0.05) is 35.9 Å². The Labute approximate surface area is 174 Å². The van der Waals surface area contributed by atoms with E-state index in [1.165, 1.54) is 0 Å². The molecule has 0 unspecified atom stereocenters. The number of carbonyl (C=O) groups is 1. The standard InChI is InChI=1S/C22H17BrF3NO2/c23-17-6-3-5-16-19(15-4-1-2-7-18(15)29-20(16)17)12-10-13-8-9-14(11-12)27(13)21(28)22(24,25)26/h1-7,13-14H,8-11H2/b19-12-/t13-,14+/m0/s1. The number of benzene rings is 2. The maximum absolute atomic E-state index is 13.1. The number of piperidine rings is 1. The number of amides is 1. The lowest BCUT2D eigenvalue weighted by Crippen LogP contribution is -2.50. The predicted molar refractivity (Wildman–Crippen MR) is 106 cm³/mol. The summed E-state index contributed by atoms with van der Waals surface area (Å²) in [6, 6.07) is 12.7. The summed E-state index contributed by atoms with van der Waals surface area (Å²) in [5.74, 6) is -0.255. The van der Waals surface area contributed by atoms with Crippen molar-refractivity contribution in [3.8, 4) is 11.5 Å². The van der Waals surface area contributed by atoms with Crippen LogP contribution in [0.15, 0.2) is 52.5 Å². The van der Waals surface area contributed by atoms with Gasteiger partial charge in [-0.25, -0.2) is 0 Å². The molecule has 2 saturated heterocycles. The molecule has 3 heterocycles. The van der Waals surface area contributed by atoms with Gasteiger partial charge in [-0.3, -0.25) is 4.79 Å². The third-order valence-electron chi connectivity index (χ3n) is 6.02. The summed E-state index contributed by atoms with van der Waals surface area (Å²) in [5.41, 5.74) is 4.00. The monoisotopic (exact) mass is 463 g/mol. The summed E-state index contributed by atoms with van der Waals surface area (Å²) < 4.78 is 46.2. The minimum atomic E-state index is -4.83. The summed E-state index contributed by atoms with van der Waals surface area (Å²) in [7, 11) is 0. The van der Waals surface area contributed by atoms with Crippen LogP contribution in [0.2, 0.25) is 0 Å². The van der Waals surface area contributed by atoms with E-state index >= 15 is 0 Å². The molecule has 2 bridgehead atoms. The van der Waals surface area contributed by atoms with Crippen molar-refractivity contribution < 1.29 is 22.7 Å². The van der Waals surface area contributed by atoms with Gasteiger partial charge in [-0.2, -0.15) is 13.2 Å². The van der Waals surface area contributed by atoms with Crippen LogP contribution in [0.1, 0.15) is 36.8 Å². The Morgan fingerprint density at radius 1 is 1.00 bits per heavy atom. The van der Waals surface area contributed by atoms with Crippen LogP contribution < -0.4 is 4.74 Å². The smallest absolute Gasteiger partial charge is 0.455 e. The second-order valence-corrected chi connectivity index (χ2v) is 8.55. The molecule has 3 aliphatic heterocycles. The van der Waals surface area contributed by atoms with E-state index in [1.807, 2.05) is 42.5 Å². The number of fused-ring (bicyclic) bond motifs is 4. The van der Waals surface area contributed by atoms with Crippen molar-refractivity contribution in [3.05, 3.63) is 63.6 Å². The third-order valence-corrected chi connectivity index (χ3v) is 6.64. The molecule has 0 aromatic heterocycles. The molecule has 2 fully saturated rings. The summed E-state index contributed by atoms with van der Waals surface area (Å²) in [5, 5.41) is 0. The van der Waals surface area contributed by atoms with Crippen LogP contribution in [0.4, 0.5) is 13.2 Å². The van der Waals surface area contributed by atoms with E-state index < -0.39 is 24.2 Å². The molecule has 2 aromatic carbocycles. The molecule has 29 heavy (non-hydrogen) atoms. The van der Waals surface area contributed by atoms with Crippen molar-refractivity contribution in [1.29, 1.82) is 0 Å². The number of hydrogen-bond acceptors (Lipinski definition) is 2. The van der Waals surface area contributed by atoms with Crippen molar-refractivity contribution in [2.75, 3.05) is 0 Å². The van der Waals surface area contributed by atoms with Gasteiger partial charge in [0.1, 0.15) is 11.5 Å². The van der Waals surface area contributed by atoms with Crippen LogP contribution in [0.25, 0.3) is 5.57 Å². The number of halogens is 4. The Balaban J connectivity index is 1.62. The van der Waals surface area contributed by atoms with E-state index in [4.69, 9.17) is 4.74 Å². The van der Waals surface area contributed by atoms with Crippen LogP contribution in [0.3, 0.4) is 0 Å². The predicted octanol–water partition coefficient (Wildman–Crippen LogP) is 6.07. The maximum atomic E-state index is 13.1. The molecule has 0 N–H and O–H groups in total. The van der Waals surface area contributed by atoms with Crippen molar-refractivity contribution in [2.24, 2.45) is 0 Å². The lowest BCUT2D eigenvalue weighted by atomic mass is 9.84.